The van der Waals surface area contributed by atoms with Gasteiger partial charge in [-0.3, -0.25) is 9.48 Å². The summed E-state index contributed by atoms with van der Waals surface area (Å²) in [4.78, 5) is 23.8. The molecule has 0 aliphatic heterocycles. The number of carbonyl (C=O) groups is 2. The smallest absolute Gasteiger partial charge is 0.339 e. The molecule has 7 heteroatoms. The number of nitrogens with one attached hydrogen (secondary N) is 1. The average Bonchev–Trinajstić information content (AvgIpc) is 2.66. The average molecular weight is 254 g/mol. The van der Waals surface area contributed by atoms with Crippen LogP contribution in [0.2, 0.25) is 0 Å². The van der Waals surface area contributed by atoms with Crippen LogP contribution in [0.15, 0.2) is 6.20 Å². The van der Waals surface area contributed by atoms with Crippen molar-refractivity contribution in [1.29, 1.82) is 0 Å². The van der Waals surface area contributed by atoms with Crippen LogP contribution in [0, 0.1) is 0 Å². The summed E-state index contributed by atoms with van der Waals surface area (Å²) < 4.78 is 1.52. The molecule has 0 saturated heterocycles. The molecule has 0 bridgehead atoms. The fourth-order valence-corrected chi connectivity index (χ4v) is 1.48. The zero-order chi connectivity index (χ0) is 13.7. The SMILES string of the molecule is CN(C)C(=O)CCNCc1c(C(=O)O)cnn1C. The quantitative estimate of drug-likeness (QED) is 0.680. The van der Waals surface area contributed by atoms with Crippen molar-refractivity contribution in [1.82, 2.24) is 20.0 Å². The number of aryl methyl sites for hydroxylation is 1. The zero-order valence-corrected chi connectivity index (χ0v) is 10.8. The number of nitrogens with zero attached hydrogens (tertiary/aromatic N) is 3. The fourth-order valence-electron chi connectivity index (χ4n) is 1.48. The maximum absolute atomic E-state index is 11.3. The summed E-state index contributed by atoms with van der Waals surface area (Å²) in [5.74, 6) is -0.963. The number of rotatable bonds is 6. The van der Waals surface area contributed by atoms with Crippen molar-refractivity contribution in [3.63, 3.8) is 0 Å². The molecule has 1 heterocycles. The highest BCUT2D eigenvalue weighted by molar-refractivity contribution is 5.88. The van der Waals surface area contributed by atoms with E-state index in [2.05, 4.69) is 10.4 Å². The van der Waals surface area contributed by atoms with Crippen molar-refractivity contribution < 1.29 is 14.7 Å². The third-order valence-corrected chi connectivity index (χ3v) is 2.60. The monoisotopic (exact) mass is 254 g/mol. The van der Waals surface area contributed by atoms with E-state index in [0.717, 1.165) is 0 Å². The normalized spacial score (nSPS) is 10.4. The summed E-state index contributed by atoms with van der Waals surface area (Å²) in [7, 11) is 5.09. The second-order valence-electron chi connectivity index (χ2n) is 4.15. The van der Waals surface area contributed by atoms with Gasteiger partial charge in [-0.05, 0) is 0 Å². The Balaban J connectivity index is 2.47. The van der Waals surface area contributed by atoms with Crippen LogP contribution in [-0.2, 0) is 18.4 Å². The van der Waals surface area contributed by atoms with E-state index in [1.807, 2.05) is 0 Å². The summed E-state index contributed by atoms with van der Waals surface area (Å²) >= 11 is 0. The summed E-state index contributed by atoms with van der Waals surface area (Å²) in [6.45, 7) is 0.875. The number of aromatic nitrogens is 2. The summed E-state index contributed by atoms with van der Waals surface area (Å²) in [5.41, 5.74) is 0.781. The van der Waals surface area contributed by atoms with Gasteiger partial charge >= 0.3 is 5.97 Å². The first kappa shape index (κ1) is 14.2. The number of amides is 1. The van der Waals surface area contributed by atoms with Gasteiger partial charge in [-0.1, -0.05) is 0 Å². The number of carbonyl (C=O) groups excluding carboxylic acids is 1. The molecule has 2 N–H and O–H groups in total. The molecule has 18 heavy (non-hydrogen) atoms. The first-order valence-electron chi connectivity index (χ1n) is 5.58. The molecule has 1 amide bonds. The third-order valence-electron chi connectivity index (χ3n) is 2.60. The summed E-state index contributed by atoms with van der Waals surface area (Å²) in [6.07, 6.45) is 1.71. The van der Waals surface area contributed by atoms with Gasteiger partial charge < -0.3 is 15.3 Å². The van der Waals surface area contributed by atoms with Crippen LogP contribution in [0.4, 0.5) is 0 Å². The molecule has 7 nitrogen and oxygen atoms in total. The lowest BCUT2D eigenvalue weighted by atomic mass is 10.2. The first-order valence-corrected chi connectivity index (χ1v) is 5.58. The van der Waals surface area contributed by atoms with Gasteiger partial charge in [0.25, 0.3) is 0 Å². The van der Waals surface area contributed by atoms with Crippen molar-refractivity contribution in [2.75, 3.05) is 20.6 Å². The third kappa shape index (κ3) is 3.56. The molecular formula is C11H18N4O3. The predicted octanol–water partition coefficient (Wildman–Crippen LogP) is -0.314. The lowest BCUT2D eigenvalue weighted by Gasteiger charge is -2.10. The van der Waals surface area contributed by atoms with Crippen molar-refractivity contribution >= 4 is 11.9 Å². The minimum atomic E-state index is -0.996. The highest BCUT2D eigenvalue weighted by atomic mass is 16.4. The maximum atomic E-state index is 11.3. The molecule has 1 rings (SSSR count). The van der Waals surface area contributed by atoms with Crippen LogP contribution in [0.1, 0.15) is 22.5 Å². The van der Waals surface area contributed by atoms with E-state index in [1.165, 1.54) is 15.8 Å². The second-order valence-corrected chi connectivity index (χ2v) is 4.15. The zero-order valence-electron chi connectivity index (χ0n) is 10.8. The lowest BCUT2D eigenvalue weighted by molar-refractivity contribution is -0.128. The van der Waals surface area contributed by atoms with Gasteiger partial charge in [-0.15, -0.1) is 0 Å². The Bertz CT molecular complexity index is 439. The van der Waals surface area contributed by atoms with Crippen molar-refractivity contribution in [2.45, 2.75) is 13.0 Å². The molecule has 1 aromatic rings. The maximum Gasteiger partial charge on any atom is 0.339 e. The van der Waals surface area contributed by atoms with Gasteiger partial charge in [0.15, 0.2) is 0 Å². The molecule has 0 radical (unpaired) electrons. The van der Waals surface area contributed by atoms with Gasteiger partial charge in [0.2, 0.25) is 5.91 Å². The molecule has 0 aliphatic rings. The Kier molecular flexibility index (Phi) is 4.85. The Morgan fingerprint density at radius 2 is 2.17 bits per heavy atom. The molecular weight excluding hydrogens is 236 g/mol. The summed E-state index contributed by atoms with van der Waals surface area (Å²) in [5, 5.41) is 15.9. The molecule has 0 aliphatic carbocycles. The lowest BCUT2D eigenvalue weighted by Crippen LogP contribution is -2.27. The van der Waals surface area contributed by atoms with E-state index in [-0.39, 0.29) is 11.5 Å². The van der Waals surface area contributed by atoms with Crippen LogP contribution < -0.4 is 5.32 Å². The molecule has 0 unspecified atom stereocenters. The van der Waals surface area contributed by atoms with E-state index < -0.39 is 5.97 Å². The second kappa shape index (κ2) is 6.15. The molecule has 100 valence electrons. The van der Waals surface area contributed by atoms with Crippen LogP contribution in [0.3, 0.4) is 0 Å². The van der Waals surface area contributed by atoms with Gasteiger partial charge in [0.1, 0.15) is 5.56 Å². The van der Waals surface area contributed by atoms with Crippen LogP contribution in [0.25, 0.3) is 0 Å². The number of hydrogen-bond acceptors (Lipinski definition) is 4. The highest BCUT2D eigenvalue weighted by Gasteiger charge is 2.14. The fraction of sp³-hybridized carbons (Fsp3) is 0.545. The van der Waals surface area contributed by atoms with Gasteiger partial charge in [0.05, 0.1) is 11.9 Å². The van der Waals surface area contributed by atoms with Gasteiger partial charge in [-0.2, -0.15) is 5.10 Å². The van der Waals surface area contributed by atoms with Crippen LogP contribution >= 0.6 is 0 Å². The van der Waals surface area contributed by atoms with Crippen molar-refractivity contribution in [3.05, 3.63) is 17.5 Å². The Morgan fingerprint density at radius 1 is 1.50 bits per heavy atom. The number of carboxylic acid groups (broad SMARTS) is 1. The predicted molar refractivity (Wildman–Crippen MR) is 65.2 cm³/mol. The van der Waals surface area contributed by atoms with Gasteiger partial charge in [-0.25, -0.2) is 4.79 Å². The standard InChI is InChI=1S/C11H18N4O3/c1-14(2)10(16)4-5-12-7-9-8(11(17)18)6-13-15(9)3/h6,12H,4-5,7H2,1-3H3,(H,17,18). The van der Waals surface area contributed by atoms with E-state index in [1.54, 1.807) is 21.1 Å². The largest absolute Gasteiger partial charge is 0.478 e. The van der Waals surface area contributed by atoms with Crippen molar-refractivity contribution in [2.24, 2.45) is 7.05 Å². The highest BCUT2D eigenvalue weighted by Crippen LogP contribution is 2.06. The molecule has 0 aromatic carbocycles. The van der Waals surface area contributed by atoms with E-state index in [9.17, 15) is 9.59 Å². The number of hydrogen-bond donors (Lipinski definition) is 2. The minimum absolute atomic E-state index is 0.0333. The molecule has 0 saturated carbocycles. The molecule has 0 fully saturated rings. The minimum Gasteiger partial charge on any atom is -0.478 e. The van der Waals surface area contributed by atoms with E-state index >= 15 is 0 Å². The number of aromatic carboxylic acids is 1. The van der Waals surface area contributed by atoms with Crippen molar-refractivity contribution in [3.8, 4) is 0 Å². The summed E-state index contributed by atoms with van der Waals surface area (Å²) in [6, 6.07) is 0. The number of carboxylic acids is 1. The van der Waals surface area contributed by atoms with E-state index in [0.29, 0.717) is 25.2 Å². The molecule has 1 aromatic heterocycles. The van der Waals surface area contributed by atoms with Crippen LogP contribution in [-0.4, -0.2) is 52.3 Å². The van der Waals surface area contributed by atoms with Crippen LogP contribution in [0.5, 0.6) is 0 Å². The Morgan fingerprint density at radius 3 is 2.72 bits per heavy atom. The van der Waals surface area contributed by atoms with Gasteiger partial charge in [0, 0.05) is 40.7 Å². The molecule has 0 spiro atoms. The Labute approximate surface area is 105 Å². The molecule has 0 atom stereocenters. The first-order chi connectivity index (χ1) is 8.43. The Hall–Kier alpha value is -1.89. The topological polar surface area (TPSA) is 87.5 Å². The van der Waals surface area contributed by atoms with E-state index in [4.69, 9.17) is 5.11 Å².